The van der Waals surface area contributed by atoms with Gasteiger partial charge in [0.1, 0.15) is 11.6 Å². The standard InChI is InChI=1S/C14H15BrF4/c15-11(9-4-6-14(18,19)7-5-9)8-10-12(16)2-1-3-13(10)17/h1-3,9,11H,4-8H2. The van der Waals surface area contributed by atoms with Crippen molar-refractivity contribution in [1.29, 1.82) is 0 Å². The van der Waals surface area contributed by atoms with E-state index >= 15 is 0 Å². The van der Waals surface area contributed by atoms with Crippen LogP contribution in [0.15, 0.2) is 18.2 Å². The van der Waals surface area contributed by atoms with Gasteiger partial charge < -0.3 is 0 Å². The average Bonchev–Trinajstić information content (AvgIpc) is 2.33. The molecule has 0 nitrogen and oxygen atoms in total. The fraction of sp³-hybridized carbons (Fsp3) is 0.571. The summed E-state index contributed by atoms with van der Waals surface area (Å²) < 4.78 is 53.2. The molecular formula is C14H15BrF4. The summed E-state index contributed by atoms with van der Waals surface area (Å²) in [7, 11) is 0. The highest BCUT2D eigenvalue weighted by Gasteiger charge is 2.37. The fourth-order valence-electron chi connectivity index (χ4n) is 2.51. The minimum atomic E-state index is -2.58. The summed E-state index contributed by atoms with van der Waals surface area (Å²) in [6.07, 6.45) is 0.686. The molecule has 1 aromatic carbocycles. The third kappa shape index (κ3) is 3.71. The Morgan fingerprint density at radius 3 is 2.21 bits per heavy atom. The van der Waals surface area contributed by atoms with Gasteiger partial charge >= 0.3 is 0 Å². The zero-order chi connectivity index (χ0) is 14.0. The van der Waals surface area contributed by atoms with Gasteiger partial charge in [0, 0.05) is 23.2 Å². The van der Waals surface area contributed by atoms with Gasteiger partial charge in [0.25, 0.3) is 0 Å². The van der Waals surface area contributed by atoms with Crippen LogP contribution in [0, 0.1) is 17.6 Å². The molecule has 19 heavy (non-hydrogen) atoms. The molecule has 2 rings (SSSR count). The number of hydrogen-bond donors (Lipinski definition) is 0. The van der Waals surface area contributed by atoms with Crippen molar-refractivity contribution in [1.82, 2.24) is 0 Å². The van der Waals surface area contributed by atoms with Crippen molar-refractivity contribution in [2.24, 2.45) is 5.92 Å². The smallest absolute Gasteiger partial charge is 0.207 e. The number of rotatable bonds is 3. The second-order valence-corrected chi connectivity index (χ2v) is 6.29. The zero-order valence-corrected chi connectivity index (χ0v) is 11.9. The molecule has 1 aromatic rings. The maximum Gasteiger partial charge on any atom is 0.248 e. The Bertz CT molecular complexity index is 417. The minimum Gasteiger partial charge on any atom is -0.207 e. The van der Waals surface area contributed by atoms with Crippen LogP contribution in [-0.4, -0.2) is 10.7 Å². The highest BCUT2D eigenvalue weighted by atomic mass is 79.9. The first-order valence-corrected chi connectivity index (χ1v) is 7.25. The summed E-state index contributed by atoms with van der Waals surface area (Å²) in [4.78, 5) is -0.171. The third-order valence-corrected chi connectivity index (χ3v) is 4.81. The first-order chi connectivity index (χ1) is 8.89. The van der Waals surface area contributed by atoms with Gasteiger partial charge in [0.2, 0.25) is 5.92 Å². The van der Waals surface area contributed by atoms with Crippen LogP contribution in [0.2, 0.25) is 0 Å². The first kappa shape index (κ1) is 14.8. The largest absolute Gasteiger partial charge is 0.248 e. The molecule has 1 atom stereocenters. The predicted octanol–water partition coefficient (Wildman–Crippen LogP) is 5.10. The second-order valence-electron chi connectivity index (χ2n) is 5.11. The molecule has 0 radical (unpaired) electrons. The van der Waals surface area contributed by atoms with Crippen molar-refractivity contribution < 1.29 is 17.6 Å². The lowest BCUT2D eigenvalue weighted by Gasteiger charge is -2.31. The monoisotopic (exact) mass is 338 g/mol. The Morgan fingerprint density at radius 1 is 1.16 bits per heavy atom. The lowest BCUT2D eigenvalue weighted by Crippen LogP contribution is -2.29. The second kappa shape index (κ2) is 5.81. The Morgan fingerprint density at radius 2 is 1.68 bits per heavy atom. The van der Waals surface area contributed by atoms with E-state index in [0.717, 1.165) is 0 Å². The molecule has 106 valence electrons. The summed E-state index contributed by atoms with van der Waals surface area (Å²) in [5.41, 5.74) is 0.0294. The molecule has 0 N–H and O–H groups in total. The number of alkyl halides is 3. The van der Waals surface area contributed by atoms with Crippen molar-refractivity contribution in [3.8, 4) is 0 Å². The molecular weight excluding hydrogens is 324 g/mol. The molecule has 0 heterocycles. The molecule has 1 saturated carbocycles. The molecule has 1 unspecified atom stereocenters. The minimum absolute atomic E-state index is 0.0294. The Kier molecular flexibility index (Phi) is 4.54. The van der Waals surface area contributed by atoms with Crippen molar-refractivity contribution in [3.63, 3.8) is 0 Å². The molecule has 1 fully saturated rings. The molecule has 0 amide bonds. The normalized spacial score (nSPS) is 21.3. The average molecular weight is 339 g/mol. The van der Waals surface area contributed by atoms with Crippen LogP contribution in [-0.2, 0) is 6.42 Å². The van der Waals surface area contributed by atoms with Crippen LogP contribution >= 0.6 is 15.9 Å². The lowest BCUT2D eigenvalue weighted by atomic mass is 9.83. The molecule has 1 aliphatic carbocycles. The van der Waals surface area contributed by atoms with Crippen molar-refractivity contribution in [2.45, 2.75) is 42.9 Å². The Hall–Kier alpha value is -0.580. The lowest BCUT2D eigenvalue weighted by molar-refractivity contribution is -0.0456. The maximum absolute atomic E-state index is 13.5. The third-order valence-electron chi connectivity index (χ3n) is 3.73. The van der Waals surface area contributed by atoms with E-state index in [1.807, 2.05) is 0 Å². The van der Waals surface area contributed by atoms with Gasteiger partial charge in [-0.2, -0.15) is 0 Å². The van der Waals surface area contributed by atoms with E-state index in [1.165, 1.54) is 18.2 Å². The number of benzene rings is 1. The highest BCUT2D eigenvalue weighted by molar-refractivity contribution is 9.09. The van der Waals surface area contributed by atoms with Crippen LogP contribution < -0.4 is 0 Å². The van der Waals surface area contributed by atoms with Crippen LogP contribution in [0.25, 0.3) is 0 Å². The van der Waals surface area contributed by atoms with E-state index < -0.39 is 17.6 Å². The summed E-state index contributed by atoms with van der Waals surface area (Å²) >= 11 is 3.40. The van der Waals surface area contributed by atoms with E-state index in [9.17, 15) is 17.6 Å². The molecule has 0 aromatic heterocycles. The van der Waals surface area contributed by atoms with Gasteiger partial charge in [-0.3, -0.25) is 0 Å². The SMILES string of the molecule is Fc1cccc(F)c1CC(Br)C1CCC(F)(F)CC1. The quantitative estimate of drug-likeness (QED) is 0.531. The van der Waals surface area contributed by atoms with E-state index in [2.05, 4.69) is 15.9 Å². The van der Waals surface area contributed by atoms with Gasteiger partial charge in [0.15, 0.2) is 0 Å². The van der Waals surface area contributed by atoms with Gasteiger partial charge in [-0.05, 0) is 37.3 Å². The molecule has 0 bridgehead atoms. The van der Waals surface area contributed by atoms with Gasteiger partial charge in [-0.15, -0.1) is 0 Å². The van der Waals surface area contributed by atoms with Crippen molar-refractivity contribution in [3.05, 3.63) is 35.4 Å². The Balaban J connectivity index is 2.00. The number of hydrogen-bond acceptors (Lipinski definition) is 0. The fourth-order valence-corrected chi connectivity index (χ4v) is 3.37. The maximum atomic E-state index is 13.5. The van der Waals surface area contributed by atoms with E-state index in [-0.39, 0.29) is 35.6 Å². The van der Waals surface area contributed by atoms with Crippen LogP contribution in [0.1, 0.15) is 31.2 Å². The van der Waals surface area contributed by atoms with Crippen LogP contribution in [0.3, 0.4) is 0 Å². The van der Waals surface area contributed by atoms with Crippen LogP contribution in [0.5, 0.6) is 0 Å². The molecule has 1 aliphatic rings. The zero-order valence-electron chi connectivity index (χ0n) is 10.3. The predicted molar refractivity (Wildman–Crippen MR) is 69.7 cm³/mol. The van der Waals surface area contributed by atoms with Gasteiger partial charge in [-0.1, -0.05) is 22.0 Å². The molecule has 0 aliphatic heterocycles. The molecule has 0 saturated heterocycles. The Labute approximate surface area is 118 Å². The number of halogens is 5. The molecule has 0 spiro atoms. The summed E-state index contributed by atoms with van der Waals surface area (Å²) in [5, 5.41) is 0. The van der Waals surface area contributed by atoms with Gasteiger partial charge in [0.05, 0.1) is 0 Å². The molecule has 5 heteroatoms. The van der Waals surface area contributed by atoms with Crippen LogP contribution in [0.4, 0.5) is 17.6 Å². The van der Waals surface area contributed by atoms with E-state index in [0.29, 0.717) is 12.8 Å². The summed E-state index contributed by atoms with van der Waals surface area (Å²) in [6.45, 7) is 0. The first-order valence-electron chi connectivity index (χ1n) is 6.34. The topological polar surface area (TPSA) is 0 Å². The summed E-state index contributed by atoms with van der Waals surface area (Å²) in [5.74, 6) is -3.69. The van der Waals surface area contributed by atoms with E-state index in [1.54, 1.807) is 0 Å². The van der Waals surface area contributed by atoms with Crippen molar-refractivity contribution in [2.75, 3.05) is 0 Å². The summed E-state index contributed by atoms with van der Waals surface area (Å²) in [6, 6.07) is 3.75. The highest BCUT2D eigenvalue weighted by Crippen LogP contribution is 2.40. The van der Waals surface area contributed by atoms with E-state index in [4.69, 9.17) is 0 Å². The van der Waals surface area contributed by atoms with Gasteiger partial charge in [-0.25, -0.2) is 17.6 Å². The van der Waals surface area contributed by atoms with Crippen molar-refractivity contribution >= 4 is 15.9 Å².